The molecule has 6 heteroatoms. The molecule has 2 rings (SSSR count). The van der Waals surface area contributed by atoms with E-state index < -0.39 is 0 Å². The van der Waals surface area contributed by atoms with Crippen LogP contribution in [0.25, 0.3) is 0 Å². The van der Waals surface area contributed by atoms with Crippen LogP contribution in [-0.2, 0) is 0 Å². The summed E-state index contributed by atoms with van der Waals surface area (Å²) in [6.45, 7) is 1.77. The zero-order valence-electron chi connectivity index (χ0n) is 8.60. The van der Waals surface area contributed by atoms with E-state index in [1.807, 2.05) is 0 Å². The molecule has 0 unspecified atom stereocenters. The molecule has 0 saturated heterocycles. The molecule has 0 bridgehead atoms. The molecule has 3 N–H and O–H groups in total. The van der Waals surface area contributed by atoms with Crippen molar-refractivity contribution in [3.63, 3.8) is 0 Å². The molecule has 0 spiro atoms. The zero-order valence-corrected chi connectivity index (χ0v) is 8.60. The maximum atomic E-state index is 11.8. The van der Waals surface area contributed by atoms with Crippen LogP contribution in [0.4, 0.5) is 11.5 Å². The van der Waals surface area contributed by atoms with Gasteiger partial charge in [0.15, 0.2) is 0 Å². The number of nitrogen functional groups attached to an aromatic ring is 1. The Morgan fingerprint density at radius 1 is 1.50 bits per heavy atom. The van der Waals surface area contributed by atoms with Crippen molar-refractivity contribution in [2.24, 2.45) is 0 Å². The summed E-state index contributed by atoms with van der Waals surface area (Å²) in [5.74, 6) is 0.0378. The Kier molecular flexibility index (Phi) is 2.55. The van der Waals surface area contributed by atoms with Crippen LogP contribution in [0.15, 0.2) is 29.1 Å². The van der Waals surface area contributed by atoms with Crippen molar-refractivity contribution in [1.82, 2.24) is 10.1 Å². The second-order valence-corrected chi connectivity index (χ2v) is 3.29. The Labute approximate surface area is 91.5 Å². The van der Waals surface area contributed by atoms with Crippen LogP contribution in [-0.4, -0.2) is 16.0 Å². The zero-order chi connectivity index (χ0) is 11.5. The van der Waals surface area contributed by atoms with Gasteiger partial charge in [-0.05, 0) is 19.1 Å². The van der Waals surface area contributed by atoms with E-state index in [1.54, 1.807) is 13.0 Å². The second-order valence-electron chi connectivity index (χ2n) is 3.29. The monoisotopic (exact) mass is 218 g/mol. The van der Waals surface area contributed by atoms with Crippen LogP contribution in [0.2, 0.25) is 0 Å². The summed E-state index contributed by atoms with van der Waals surface area (Å²) in [7, 11) is 0. The van der Waals surface area contributed by atoms with Gasteiger partial charge in [-0.3, -0.25) is 4.79 Å². The number of carbonyl (C=O) groups is 1. The first-order valence-electron chi connectivity index (χ1n) is 4.60. The lowest BCUT2D eigenvalue weighted by atomic mass is 10.2. The van der Waals surface area contributed by atoms with Crippen molar-refractivity contribution in [2.75, 3.05) is 11.1 Å². The van der Waals surface area contributed by atoms with Crippen LogP contribution >= 0.6 is 0 Å². The molecule has 1 amide bonds. The van der Waals surface area contributed by atoms with Crippen LogP contribution in [0.1, 0.15) is 16.1 Å². The van der Waals surface area contributed by atoms with E-state index in [0.717, 1.165) is 0 Å². The lowest BCUT2D eigenvalue weighted by Gasteiger charge is -2.03. The third-order valence-corrected chi connectivity index (χ3v) is 1.93. The molecule has 0 saturated carbocycles. The largest absolute Gasteiger partial charge is 0.384 e. The van der Waals surface area contributed by atoms with Gasteiger partial charge in [-0.15, -0.1) is 0 Å². The van der Waals surface area contributed by atoms with Gasteiger partial charge in [-0.2, -0.15) is 0 Å². The third kappa shape index (κ3) is 2.17. The Balaban J connectivity index is 2.21. The average molecular weight is 218 g/mol. The van der Waals surface area contributed by atoms with E-state index in [0.29, 0.717) is 22.8 Å². The minimum absolute atomic E-state index is 0.277. The molecule has 6 nitrogen and oxygen atoms in total. The first-order valence-corrected chi connectivity index (χ1v) is 4.60. The average Bonchev–Trinajstić information content (AvgIpc) is 2.68. The molecule has 0 aromatic carbocycles. The quantitative estimate of drug-likeness (QED) is 0.790. The Hall–Kier alpha value is -2.37. The van der Waals surface area contributed by atoms with Gasteiger partial charge < -0.3 is 15.6 Å². The summed E-state index contributed by atoms with van der Waals surface area (Å²) in [6, 6.07) is 3.16. The smallest absolute Gasteiger partial charge is 0.255 e. The summed E-state index contributed by atoms with van der Waals surface area (Å²) in [6.07, 6.45) is 2.75. The van der Waals surface area contributed by atoms with Crippen molar-refractivity contribution in [2.45, 2.75) is 6.92 Å². The first kappa shape index (κ1) is 10.2. The molecule has 2 aromatic heterocycles. The molecular formula is C10H10N4O2. The highest BCUT2D eigenvalue weighted by Crippen LogP contribution is 2.10. The van der Waals surface area contributed by atoms with Crippen molar-refractivity contribution < 1.29 is 9.32 Å². The van der Waals surface area contributed by atoms with Gasteiger partial charge in [0.2, 0.25) is 0 Å². The number of amides is 1. The molecule has 0 atom stereocenters. The molecule has 16 heavy (non-hydrogen) atoms. The topological polar surface area (TPSA) is 94.0 Å². The predicted octanol–water partition coefficient (Wildman–Crippen LogP) is 1.21. The van der Waals surface area contributed by atoms with E-state index in [1.165, 1.54) is 18.5 Å². The summed E-state index contributed by atoms with van der Waals surface area (Å²) < 4.78 is 4.60. The fraction of sp³-hybridized carbons (Fsp3) is 0.100. The number of carbonyl (C=O) groups excluding carboxylic acids is 1. The van der Waals surface area contributed by atoms with Gasteiger partial charge in [-0.1, -0.05) is 5.16 Å². The standard InChI is InChI=1S/C10H10N4O2/c1-6-2-7(3-9(11)13-6)10(15)14-8-4-12-16-5-8/h2-5H,1H3,(H2,11,13)(H,14,15). The number of nitrogens with one attached hydrogen (secondary N) is 1. The molecule has 2 heterocycles. The number of anilines is 2. The summed E-state index contributed by atoms with van der Waals surface area (Å²) in [5.41, 5.74) is 7.19. The van der Waals surface area contributed by atoms with Crippen molar-refractivity contribution in [1.29, 1.82) is 0 Å². The van der Waals surface area contributed by atoms with Gasteiger partial charge >= 0.3 is 0 Å². The Morgan fingerprint density at radius 2 is 2.31 bits per heavy atom. The SMILES string of the molecule is Cc1cc(C(=O)Nc2cnoc2)cc(N)n1. The number of nitrogens with zero attached hydrogens (tertiary/aromatic N) is 2. The third-order valence-electron chi connectivity index (χ3n) is 1.93. The molecule has 82 valence electrons. The maximum Gasteiger partial charge on any atom is 0.255 e. The highest BCUT2D eigenvalue weighted by Gasteiger charge is 2.08. The Bertz CT molecular complexity index is 487. The number of hydrogen-bond donors (Lipinski definition) is 2. The minimum atomic E-state index is -0.277. The summed E-state index contributed by atoms with van der Waals surface area (Å²) in [5, 5.41) is 6.09. The highest BCUT2D eigenvalue weighted by atomic mass is 16.5. The number of rotatable bonds is 2. The number of pyridine rings is 1. The Morgan fingerprint density at radius 3 is 2.94 bits per heavy atom. The highest BCUT2D eigenvalue weighted by molar-refractivity contribution is 6.04. The molecule has 0 fully saturated rings. The van der Waals surface area contributed by atoms with Gasteiger partial charge in [0.05, 0.1) is 6.20 Å². The number of aryl methyl sites for hydroxylation is 1. The summed E-state index contributed by atoms with van der Waals surface area (Å²) in [4.78, 5) is 15.7. The lowest BCUT2D eigenvalue weighted by Crippen LogP contribution is -2.12. The van der Waals surface area contributed by atoms with Crippen LogP contribution in [0.5, 0.6) is 0 Å². The normalized spacial score (nSPS) is 10.1. The van der Waals surface area contributed by atoms with E-state index in [2.05, 4.69) is 20.0 Å². The number of nitrogens with two attached hydrogens (primary N) is 1. The molecular weight excluding hydrogens is 208 g/mol. The molecule has 0 aliphatic rings. The molecule has 2 aromatic rings. The molecule has 0 aliphatic heterocycles. The van der Waals surface area contributed by atoms with E-state index in [4.69, 9.17) is 5.73 Å². The fourth-order valence-corrected chi connectivity index (χ4v) is 1.30. The lowest BCUT2D eigenvalue weighted by molar-refractivity contribution is 0.102. The van der Waals surface area contributed by atoms with E-state index >= 15 is 0 Å². The van der Waals surface area contributed by atoms with Gasteiger partial charge in [-0.25, -0.2) is 4.98 Å². The van der Waals surface area contributed by atoms with Crippen molar-refractivity contribution >= 4 is 17.4 Å². The molecule has 0 radical (unpaired) electrons. The van der Waals surface area contributed by atoms with Gasteiger partial charge in [0.25, 0.3) is 5.91 Å². The van der Waals surface area contributed by atoms with E-state index in [9.17, 15) is 4.79 Å². The van der Waals surface area contributed by atoms with Crippen LogP contribution in [0, 0.1) is 6.92 Å². The first-order chi connectivity index (χ1) is 7.65. The fourth-order valence-electron chi connectivity index (χ4n) is 1.30. The van der Waals surface area contributed by atoms with Crippen LogP contribution in [0.3, 0.4) is 0 Å². The number of hydrogen-bond acceptors (Lipinski definition) is 5. The number of aromatic nitrogens is 2. The predicted molar refractivity (Wildman–Crippen MR) is 57.8 cm³/mol. The van der Waals surface area contributed by atoms with Gasteiger partial charge in [0.1, 0.15) is 17.8 Å². The minimum Gasteiger partial charge on any atom is -0.384 e. The summed E-state index contributed by atoms with van der Waals surface area (Å²) >= 11 is 0. The van der Waals surface area contributed by atoms with Crippen molar-refractivity contribution in [3.05, 3.63) is 35.9 Å². The second kappa shape index (κ2) is 4.01. The molecule has 0 aliphatic carbocycles. The van der Waals surface area contributed by atoms with E-state index in [-0.39, 0.29) is 5.91 Å². The van der Waals surface area contributed by atoms with Crippen molar-refractivity contribution in [3.8, 4) is 0 Å². The van der Waals surface area contributed by atoms with Gasteiger partial charge in [0, 0.05) is 11.3 Å². The maximum absolute atomic E-state index is 11.8. The van der Waals surface area contributed by atoms with Crippen LogP contribution < -0.4 is 11.1 Å².